The molecule has 0 saturated heterocycles. The summed E-state index contributed by atoms with van der Waals surface area (Å²) in [5, 5.41) is 0. The predicted molar refractivity (Wildman–Crippen MR) is 53.1 cm³/mol. The van der Waals surface area contributed by atoms with Crippen LogP contribution in [0.15, 0.2) is 17.0 Å². The van der Waals surface area contributed by atoms with Crippen molar-refractivity contribution in [3.05, 3.63) is 22.7 Å². The summed E-state index contributed by atoms with van der Waals surface area (Å²) in [7, 11) is 1.58. The van der Waals surface area contributed by atoms with Gasteiger partial charge in [-0.15, -0.1) is 0 Å². The number of methoxy groups -OCH3 is 1. The van der Waals surface area contributed by atoms with Crippen LogP contribution in [-0.4, -0.2) is 21.5 Å². The van der Waals surface area contributed by atoms with E-state index in [0.29, 0.717) is 5.88 Å². The Labute approximate surface area is 114 Å². The van der Waals surface area contributed by atoms with Gasteiger partial charge in [0.05, 0.1) is 12.8 Å². The molecule has 2 aromatic heterocycles. The van der Waals surface area contributed by atoms with Crippen molar-refractivity contribution in [3.8, 4) is 5.88 Å². The van der Waals surface area contributed by atoms with E-state index in [1.54, 1.807) is 7.11 Å². The Bertz CT molecular complexity index is 462. The van der Waals surface area contributed by atoms with Gasteiger partial charge in [-0.1, -0.05) is 0 Å². The molecule has 0 N–H and O–H groups in total. The first-order valence-corrected chi connectivity index (χ1v) is 4.56. The largest absolute Gasteiger partial charge is 1.00 e. The van der Waals surface area contributed by atoms with Crippen molar-refractivity contribution in [1.82, 2.24) is 14.4 Å². The molecule has 2 heterocycles. The number of fused-ring (bicyclic) bond motifs is 1. The minimum absolute atomic E-state index is 0. The second kappa shape index (κ2) is 4.61. The molecule has 70 valence electrons. The summed E-state index contributed by atoms with van der Waals surface area (Å²) >= 11 is 3.29. The van der Waals surface area contributed by atoms with Crippen molar-refractivity contribution < 1.29 is 35.7 Å². The second-order valence-corrected chi connectivity index (χ2v) is 3.50. The smallest absolute Gasteiger partial charge is 1.00 e. The molecule has 0 amide bonds. The number of aryl methyl sites for hydroxylation is 1. The van der Waals surface area contributed by atoms with Crippen LogP contribution in [0, 0.1) is 6.92 Å². The molecule has 0 aliphatic carbocycles. The molecule has 0 radical (unpaired) electrons. The third-order valence-electron chi connectivity index (χ3n) is 1.69. The zero-order valence-corrected chi connectivity index (χ0v) is 11.9. The van der Waals surface area contributed by atoms with Crippen molar-refractivity contribution in [2.24, 2.45) is 0 Å². The van der Waals surface area contributed by atoms with Crippen molar-refractivity contribution in [1.29, 1.82) is 0 Å². The van der Waals surface area contributed by atoms with Crippen LogP contribution in [0.2, 0.25) is 0 Å². The van der Waals surface area contributed by atoms with E-state index in [0.717, 1.165) is 15.9 Å². The molecular formula is C8H9BrN3NaO. The van der Waals surface area contributed by atoms with Crippen LogP contribution in [0.5, 0.6) is 5.88 Å². The molecule has 2 rings (SSSR count). The van der Waals surface area contributed by atoms with E-state index < -0.39 is 0 Å². The summed E-state index contributed by atoms with van der Waals surface area (Å²) in [6, 6.07) is 0. The third-order valence-corrected chi connectivity index (χ3v) is 2.07. The fraction of sp³-hybridized carbons (Fsp3) is 0.250. The van der Waals surface area contributed by atoms with Gasteiger partial charge in [0.25, 0.3) is 5.88 Å². The zero-order valence-electron chi connectivity index (χ0n) is 9.28. The van der Waals surface area contributed by atoms with Crippen molar-refractivity contribution in [2.75, 3.05) is 7.11 Å². The van der Waals surface area contributed by atoms with Crippen molar-refractivity contribution >= 4 is 21.6 Å². The van der Waals surface area contributed by atoms with Crippen LogP contribution in [0.4, 0.5) is 0 Å². The number of halogens is 1. The second-order valence-electron chi connectivity index (χ2n) is 2.69. The number of rotatable bonds is 1. The average molecular weight is 266 g/mol. The van der Waals surface area contributed by atoms with E-state index in [9.17, 15) is 0 Å². The molecule has 2 aromatic rings. The van der Waals surface area contributed by atoms with Gasteiger partial charge in [0.15, 0.2) is 0 Å². The maximum Gasteiger partial charge on any atom is 1.00 e. The minimum Gasteiger partial charge on any atom is -1.00 e. The van der Waals surface area contributed by atoms with E-state index in [1.165, 1.54) is 0 Å². The normalized spacial score (nSPS) is 9.93. The first-order valence-electron chi connectivity index (χ1n) is 3.76. The van der Waals surface area contributed by atoms with Gasteiger partial charge in [-0.2, -0.15) is 0 Å². The first-order chi connectivity index (χ1) is 6.20. The van der Waals surface area contributed by atoms with E-state index in [4.69, 9.17) is 4.74 Å². The van der Waals surface area contributed by atoms with Crippen LogP contribution in [-0.2, 0) is 0 Å². The van der Waals surface area contributed by atoms with E-state index in [1.807, 2.05) is 23.7 Å². The van der Waals surface area contributed by atoms with Crippen LogP contribution in [0.25, 0.3) is 5.65 Å². The summed E-state index contributed by atoms with van der Waals surface area (Å²) in [5.74, 6) is 0.530. The van der Waals surface area contributed by atoms with Gasteiger partial charge in [0, 0.05) is 12.4 Å². The van der Waals surface area contributed by atoms with Crippen molar-refractivity contribution in [3.63, 3.8) is 0 Å². The summed E-state index contributed by atoms with van der Waals surface area (Å²) in [4.78, 5) is 8.42. The van der Waals surface area contributed by atoms with E-state index in [-0.39, 0.29) is 31.0 Å². The predicted octanol–water partition coefficient (Wildman–Crippen LogP) is -1.07. The summed E-state index contributed by atoms with van der Waals surface area (Å²) in [6.45, 7) is 1.93. The molecule has 0 bridgehead atoms. The van der Waals surface area contributed by atoms with Gasteiger partial charge in [-0.05, 0) is 22.9 Å². The number of nitrogens with zero attached hydrogens (tertiary/aromatic N) is 3. The molecule has 0 saturated carbocycles. The SMILES string of the molecule is COc1nc(Br)cn2cc(C)nc12.[H-].[Na+]. The fourth-order valence-corrected chi connectivity index (χ4v) is 1.58. The number of aromatic nitrogens is 3. The van der Waals surface area contributed by atoms with Crippen LogP contribution >= 0.6 is 15.9 Å². The molecule has 0 aliphatic rings. The Kier molecular flexibility index (Phi) is 3.94. The quantitative estimate of drug-likeness (QED) is 0.617. The molecule has 4 nitrogen and oxygen atoms in total. The molecule has 0 fully saturated rings. The van der Waals surface area contributed by atoms with E-state index in [2.05, 4.69) is 25.9 Å². The molecule has 0 unspecified atom stereocenters. The molecule has 0 atom stereocenters. The molecule has 0 aliphatic heterocycles. The van der Waals surface area contributed by atoms with E-state index >= 15 is 0 Å². The topological polar surface area (TPSA) is 39.4 Å². The Morgan fingerprint density at radius 3 is 2.79 bits per heavy atom. The van der Waals surface area contributed by atoms with Gasteiger partial charge < -0.3 is 6.16 Å². The molecule has 6 heteroatoms. The van der Waals surface area contributed by atoms with Crippen molar-refractivity contribution in [2.45, 2.75) is 6.92 Å². The van der Waals surface area contributed by atoms with Gasteiger partial charge in [0.2, 0.25) is 5.65 Å². The Balaban J connectivity index is 0.000000980. The maximum absolute atomic E-state index is 5.10. The van der Waals surface area contributed by atoms with Gasteiger partial charge in [-0.3, -0.25) is 4.40 Å². The average Bonchev–Trinajstić information content (AvgIpc) is 2.43. The fourth-order valence-electron chi connectivity index (χ4n) is 1.20. The summed E-state index contributed by atoms with van der Waals surface area (Å²) in [5.41, 5.74) is 1.68. The molecule has 0 spiro atoms. The Morgan fingerprint density at radius 2 is 2.14 bits per heavy atom. The zero-order chi connectivity index (χ0) is 9.42. The number of imidazole rings is 1. The minimum atomic E-state index is 0. The Morgan fingerprint density at radius 1 is 1.43 bits per heavy atom. The summed E-state index contributed by atoms with van der Waals surface area (Å²) in [6.07, 6.45) is 3.77. The first kappa shape index (κ1) is 12.0. The summed E-state index contributed by atoms with van der Waals surface area (Å²) < 4.78 is 7.71. The van der Waals surface area contributed by atoms with Gasteiger partial charge >= 0.3 is 29.6 Å². The molecular weight excluding hydrogens is 257 g/mol. The number of hydrogen-bond donors (Lipinski definition) is 0. The standard InChI is InChI=1S/C8H8BrN3O.Na.H/c1-5-3-12-4-6(9)11-8(13-2)7(12)10-5;;/h3-4H,1-2H3;;/q;+1;-1. The molecule has 14 heavy (non-hydrogen) atoms. The third kappa shape index (κ3) is 2.11. The molecule has 0 aromatic carbocycles. The van der Waals surface area contributed by atoms with Crippen LogP contribution < -0.4 is 34.3 Å². The Hall–Kier alpha value is -0.100. The van der Waals surface area contributed by atoms with Crippen LogP contribution in [0.1, 0.15) is 7.12 Å². The monoisotopic (exact) mass is 265 g/mol. The number of hydrogen-bond acceptors (Lipinski definition) is 3. The van der Waals surface area contributed by atoms with Gasteiger partial charge in [0.1, 0.15) is 4.60 Å². The van der Waals surface area contributed by atoms with Crippen LogP contribution in [0.3, 0.4) is 0 Å². The number of ether oxygens (including phenoxy) is 1. The maximum atomic E-state index is 5.10. The van der Waals surface area contributed by atoms with Gasteiger partial charge in [-0.25, -0.2) is 9.97 Å².